The minimum atomic E-state index is -4.09. The maximum atomic E-state index is 13.9. The average molecular weight is 491 g/mol. The van der Waals surface area contributed by atoms with Crippen molar-refractivity contribution in [2.75, 3.05) is 15.4 Å². The third kappa shape index (κ3) is 6.36. The van der Waals surface area contributed by atoms with Gasteiger partial charge in [-0.25, -0.2) is 17.8 Å². The van der Waals surface area contributed by atoms with Crippen molar-refractivity contribution in [2.24, 2.45) is 5.92 Å². The van der Waals surface area contributed by atoms with E-state index in [2.05, 4.69) is 20.3 Å². The topological polar surface area (TPSA) is 117 Å². The van der Waals surface area contributed by atoms with E-state index in [0.717, 1.165) is 6.07 Å². The first-order valence-corrected chi connectivity index (χ1v) is 12.3. The first kappa shape index (κ1) is 24.3. The zero-order valence-corrected chi connectivity index (χ0v) is 19.8. The molecule has 0 saturated heterocycles. The molecule has 0 unspecified atom stereocenters. The maximum Gasteiger partial charge on any atom is 0.262 e. The number of thiazole rings is 1. The molecule has 0 spiro atoms. The molecule has 3 rings (SSSR count). The highest BCUT2D eigenvalue weighted by molar-refractivity contribution is 7.92. The standard InChI is InChI=1S/C22H23FN4O4S2/c1-13(2)21(29)26-22-25-16(12-32-22)11-20(28)24-15-9-8-14(3)19(10-15)33(30,31)27-18-7-5-4-6-17(18)23/h4-10,12-13,27H,11H2,1-3H3,(H,24,28)(H,25,26,29). The largest absolute Gasteiger partial charge is 0.326 e. The summed E-state index contributed by atoms with van der Waals surface area (Å²) in [5.74, 6) is -1.47. The normalized spacial score (nSPS) is 11.3. The number of carbonyl (C=O) groups is 2. The number of carbonyl (C=O) groups excluding carboxylic acids is 2. The lowest BCUT2D eigenvalue weighted by molar-refractivity contribution is -0.119. The van der Waals surface area contributed by atoms with E-state index >= 15 is 0 Å². The Morgan fingerprint density at radius 1 is 1.12 bits per heavy atom. The summed E-state index contributed by atoms with van der Waals surface area (Å²) in [5.41, 5.74) is 0.998. The van der Waals surface area contributed by atoms with E-state index in [0.29, 0.717) is 16.4 Å². The number of nitrogens with zero attached hydrogens (tertiary/aromatic N) is 1. The van der Waals surface area contributed by atoms with Crippen LogP contribution in [0.2, 0.25) is 0 Å². The summed E-state index contributed by atoms with van der Waals surface area (Å²) in [6, 6.07) is 9.88. The Bertz CT molecular complexity index is 1290. The second-order valence-corrected chi connectivity index (χ2v) is 10.1. The number of anilines is 3. The molecule has 0 atom stereocenters. The monoisotopic (exact) mass is 490 g/mol. The highest BCUT2D eigenvalue weighted by Gasteiger charge is 2.20. The van der Waals surface area contributed by atoms with Crippen LogP contribution in [0, 0.1) is 18.7 Å². The molecule has 0 aliphatic carbocycles. The lowest BCUT2D eigenvalue weighted by atomic mass is 10.2. The third-order valence-corrected chi connectivity index (χ3v) is 6.84. The van der Waals surface area contributed by atoms with Gasteiger partial charge in [-0.3, -0.25) is 14.3 Å². The van der Waals surface area contributed by atoms with Crippen LogP contribution < -0.4 is 15.4 Å². The Morgan fingerprint density at radius 2 is 1.85 bits per heavy atom. The average Bonchev–Trinajstić information content (AvgIpc) is 3.17. The number of amides is 2. The Morgan fingerprint density at radius 3 is 2.55 bits per heavy atom. The fourth-order valence-corrected chi connectivity index (χ4v) is 4.83. The molecule has 2 aromatic carbocycles. The fraction of sp³-hybridized carbons (Fsp3) is 0.227. The SMILES string of the molecule is Cc1ccc(NC(=O)Cc2csc(NC(=O)C(C)C)n2)cc1S(=O)(=O)Nc1ccccc1F. The molecule has 33 heavy (non-hydrogen) atoms. The molecule has 0 aliphatic heterocycles. The van der Waals surface area contributed by atoms with Crippen LogP contribution in [0.3, 0.4) is 0 Å². The van der Waals surface area contributed by atoms with Gasteiger partial charge in [-0.2, -0.15) is 0 Å². The summed E-state index contributed by atoms with van der Waals surface area (Å²) in [5, 5.41) is 7.39. The van der Waals surface area contributed by atoms with Crippen molar-refractivity contribution < 1.29 is 22.4 Å². The van der Waals surface area contributed by atoms with Crippen LogP contribution in [0.25, 0.3) is 0 Å². The Balaban J connectivity index is 1.71. The van der Waals surface area contributed by atoms with Gasteiger partial charge in [0.25, 0.3) is 10.0 Å². The van der Waals surface area contributed by atoms with Crippen molar-refractivity contribution in [3.8, 4) is 0 Å². The summed E-state index contributed by atoms with van der Waals surface area (Å²) in [6.45, 7) is 5.13. The van der Waals surface area contributed by atoms with E-state index < -0.39 is 21.7 Å². The Kier molecular flexibility index (Phi) is 7.44. The van der Waals surface area contributed by atoms with Gasteiger partial charge in [0.2, 0.25) is 11.8 Å². The number of nitrogens with one attached hydrogen (secondary N) is 3. The van der Waals surface area contributed by atoms with Crippen molar-refractivity contribution in [3.63, 3.8) is 0 Å². The van der Waals surface area contributed by atoms with Gasteiger partial charge in [0.15, 0.2) is 5.13 Å². The number of aromatic nitrogens is 1. The molecule has 1 heterocycles. The number of halogens is 1. The van der Waals surface area contributed by atoms with Crippen LogP contribution >= 0.6 is 11.3 Å². The fourth-order valence-electron chi connectivity index (χ4n) is 2.78. The second kappa shape index (κ2) is 10.1. The van der Waals surface area contributed by atoms with Crippen LogP contribution in [0.4, 0.5) is 20.9 Å². The highest BCUT2D eigenvalue weighted by atomic mass is 32.2. The molecular weight excluding hydrogens is 467 g/mol. The molecule has 0 bridgehead atoms. The van der Waals surface area contributed by atoms with Crippen molar-refractivity contribution in [1.82, 2.24) is 4.98 Å². The smallest absolute Gasteiger partial charge is 0.262 e. The lowest BCUT2D eigenvalue weighted by Gasteiger charge is -2.13. The molecular formula is C22H23FN4O4S2. The van der Waals surface area contributed by atoms with Gasteiger partial charge in [-0.15, -0.1) is 11.3 Å². The quantitative estimate of drug-likeness (QED) is 0.438. The van der Waals surface area contributed by atoms with Gasteiger partial charge in [0.05, 0.1) is 22.7 Å². The second-order valence-electron chi connectivity index (χ2n) is 7.58. The van der Waals surface area contributed by atoms with Crippen LogP contribution in [-0.2, 0) is 26.0 Å². The Labute approximate surface area is 195 Å². The zero-order chi connectivity index (χ0) is 24.2. The number of rotatable bonds is 8. The number of para-hydroxylation sites is 1. The number of hydrogen-bond acceptors (Lipinski definition) is 6. The van der Waals surface area contributed by atoms with Gasteiger partial charge >= 0.3 is 0 Å². The predicted molar refractivity (Wildman–Crippen MR) is 126 cm³/mol. The van der Waals surface area contributed by atoms with E-state index in [9.17, 15) is 22.4 Å². The van der Waals surface area contributed by atoms with Crippen molar-refractivity contribution in [1.29, 1.82) is 0 Å². The number of sulfonamides is 1. The summed E-state index contributed by atoms with van der Waals surface area (Å²) in [7, 11) is -4.09. The van der Waals surface area contributed by atoms with Crippen LogP contribution in [0.1, 0.15) is 25.1 Å². The molecule has 3 aromatic rings. The highest BCUT2D eigenvalue weighted by Crippen LogP contribution is 2.24. The molecule has 0 radical (unpaired) electrons. The molecule has 0 saturated carbocycles. The minimum Gasteiger partial charge on any atom is -0.326 e. The molecule has 0 fully saturated rings. The third-order valence-electron chi connectivity index (χ3n) is 4.53. The summed E-state index contributed by atoms with van der Waals surface area (Å²) >= 11 is 1.21. The molecule has 0 aliphatic rings. The van der Waals surface area contributed by atoms with Crippen LogP contribution in [-0.4, -0.2) is 25.2 Å². The van der Waals surface area contributed by atoms with Gasteiger partial charge in [0.1, 0.15) is 5.82 Å². The first-order valence-electron chi connectivity index (χ1n) is 9.98. The molecule has 1 aromatic heterocycles. The molecule has 2 amide bonds. The van der Waals surface area contributed by atoms with Crippen molar-refractivity contribution in [3.05, 3.63) is 64.9 Å². The van der Waals surface area contributed by atoms with Crippen LogP contribution in [0.15, 0.2) is 52.7 Å². The van der Waals surface area contributed by atoms with E-state index in [1.54, 1.807) is 38.3 Å². The molecule has 8 nitrogen and oxygen atoms in total. The van der Waals surface area contributed by atoms with E-state index in [1.807, 2.05) is 0 Å². The predicted octanol–water partition coefficient (Wildman–Crippen LogP) is 4.17. The number of aryl methyl sites for hydroxylation is 1. The molecule has 3 N–H and O–H groups in total. The molecule has 11 heteroatoms. The van der Waals surface area contributed by atoms with Gasteiger partial charge in [-0.05, 0) is 36.8 Å². The summed E-state index contributed by atoms with van der Waals surface area (Å²) in [4.78, 5) is 28.4. The summed E-state index contributed by atoms with van der Waals surface area (Å²) in [6.07, 6.45) is -0.0581. The zero-order valence-electron chi connectivity index (χ0n) is 18.2. The van der Waals surface area contributed by atoms with Crippen LogP contribution in [0.5, 0.6) is 0 Å². The van der Waals surface area contributed by atoms with Crippen molar-refractivity contribution >= 4 is 49.7 Å². The van der Waals surface area contributed by atoms with Gasteiger partial charge in [0, 0.05) is 17.0 Å². The maximum absolute atomic E-state index is 13.9. The number of benzene rings is 2. The minimum absolute atomic E-state index is 0.0581. The van der Waals surface area contributed by atoms with Gasteiger partial charge in [-0.1, -0.05) is 32.0 Å². The van der Waals surface area contributed by atoms with E-state index in [-0.39, 0.29) is 34.5 Å². The summed E-state index contributed by atoms with van der Waals surface area (Å²) < 4.78 is 41.7. The van der Waals surface area contributed by atoms with E-state index in [4.69, 9.17) is 0 Å². The van der Waals surface area contributed by atoms with E-state index in [1.165, 1.54) is 35.6 Å². The Hall–Kier alpha value is -3.31. The molecule has 174 valence electrons. The lowest BCUT2D eigenvalue weighted by Crippen LogP contribution is -2.18. The van der Waals surface area contributed by atoms with Gasteiger partial charge < -0.3 is 10.6 Å². The van der Waals surface area contributed by atoms with Crippen molar-refractivity contribution in [2.45, 2.75) is 32.1 Å². The first-order chi connectivity index (χ1) is 15.5. The number of hydrogen-bond donors (Lipinski definition) is 3.